The lowest BCUT2D eigenvalue weighted by Crippen LogP contribution is -2.61. The molecule has 0 spiro atoms. The zero-order chi connectivity index (χ0) is 64.9. The molecule has 0 N–H and O–H groups in total. The Balaban J connectivity index is 1.08. The highest BCUT2D eigenvalue weighted by atomic mass is 15.2. The second-order valence-corrected chi connectivity index (χ2v) is 26.5. The summed E-state index contributed by atoms with van der Waals surface area (Å²) >= 11 is 0. The minimum absolute atomic E-state index is 0.125. The predicted octanol–water partition coefficient (Wildman–Crippen LogP) is 21.6. The summed E-state index contributed by atoms with van der Waals surface area (Å²) < 4.78 is 48.0. The summed E-state index contributed by atoms with van der Waals surface area (Å²) in [6.45, 7) is 13.4. The Bertz CT molecular complexity index is 5690. The van der Waals surface area contributed by atoms with Gasteiger partial charge in [0.25, 0.3) is 6.71 Å². The number of para-hydroxylation sites is 2. The summed E-state index contributed by atoms with van der Waals surface area (Å²) in [5, 5.41) is 9.05. The van der Waals surface area contributed by atoms with E-state index in [0.29, 0.717) is 5.56 Å². The molecule has 0 radical (unpaired) electrons. The van der Waals surface area contributed by atoms with Crippen LogP contribution in [0.25, 0.3) is 104 Å². The molecule has 0 saturated carbocycles. The molecule has 17 rings (SSSR count). The van der Waals surface area contributed by atoms with Crippen LogP contribution in [0.4, 0.5) is 34.1 Å². The summed E-state index contributed by atoms with van der Waals surface area (Å²) in [4.78, 5) is 4.96. The highest BCUT2D eigenvalue weighted by Gasteiger charge is 2.45. The van der Waals surface area contributed by atoms with Crippen molar-refractivity contribution in [3.63, 3.8) is 0 Å². The Kier molecular flexibility index (Phi) is 11.0. The number of nitrogens with zero attached hydrogens (tertiary/aromatic N) is 3. The van der Waals surface area contributed by atoms with E-state index < -0.39 is 6.04 Å². The number of rotatable bonds is 6. The molecule has 4 heteroatoms. The van der Waals surface area contributed by atoms with Crippen LogP contribution >= 0.6 is 0 Å². The molecular formula is C86H66BN3. The van der Waals surface area contributed by atoms with Crippen LogP contribution in [-0.4, -0.2) is 11.1 Å². The third-order valence-corrected chi connectivity index (χ3v) is 19.1. The molecule has 0 bridgehead atoms. The minimum Gasteiger partial charge on any atom is -0.311 e. The third kappa shape index (κ3) is 8.49. The van der Waals surface area contributed by atoms with Crippen LogP contribution in [-0.2, 0) is 10.8 Å². The van der Waals surface area contributed by atoms with Gasteiger partial charge in [0.05, 0.1) is 29.1 Å². The lowest BCUT2D eigenvalue weighted by molar-refractivity contribution is 0.569. The Morgan fingerprint density at radius 1 is 0.322 bits per heavy atom. The molecule has 0 aliphatic carbocycles. The maximum atomic E-state index is 9.43. The van der Waals surface area contributed by atoms with Gasteiger partial charge in [-0.25, -0.2) is 0 Å². The molecule has 0 saturated heterocycles. The van der Waals surface area contributed by atoms with E-state index in [2.05, 4.69) is 304 Å². The molecule has 2 aliphatic rings. The average molecular weight is 1160 g/mol. The summed E-state index contributed by atoms with van der Waals surface area (Å²) in [6, 6.07) is 93.8. The zero-order valence-corrected chi connectivity index (χ0v) is 51.2. The van der Waals surface area contributed by atoms with Crippen molar-refractivity contribution in [3.8, 4) is 44.5 Å². The highest BCUT2D eigenvalue weighted by Crippen LogP contribution is 2.52. The molecule has 3 nitrogen and oxygen atoms in total. The molecule has 0 amide bonds. The van der Waals surface area contributed by atoms with Crippen LogP contribution in [0.5, 0.6) is 0 Å². The number of aromatic nitrogens is 1. The second-order valence-electron chi connectivity index (χ2n) is 26.5. The number of hydrogen-bond acceptors (Lipinski definition) is 2. The summed E-state index contributed by atoms with van der Waals surface area (Å²) in [5.41, 5.74) is 21.9. The third-order valence-electron chi connectivity index (χ3n) is 19.1. The smallest absolute Gasteiger partial charge is 0.252 e. The molecule has 13 aromatic carbocycles. The number of hydrogen-bond donors (Lipinski definition) is 0. The summed E-state index contributed by atoms with van der Waals surface area (Å²) in [6.07, 6.45) is 0. The van der Waals surface area contributed by atoms with Crippen LogP contribution < -0.4 is 26.2 Å². The summed E-state index contributed by atoms with van der Waals surface area (Å²) in [5.74, 6) is 0. The van der Waals surface area contributed by atoms with E-state index in [1.807, 2.05) is 12.1 Å². The molecule has 90 heavy (non-hydrogen) atoms. The molecule has 15 aromatic rings. The minimum atomic E-state index is -0.424. The van der Waals surface area contributed by atoms with E-state index in [4.69, 9.17) is 4.11 Å². The Labute approximate surface area is 534 Å². The van der Waals surface area contributed by atoms with Crippen molar-refractivity contribution in [1.29, 1.82) is 0 Å². The van der Waals surface area contributed by atoms with Crippen LogP contribution in [0.2, 0.25) is 0 Å². The van der Waals surface area contributed by atoms with Gasteiger partial charge < -0.3 is 14.2 Å². The lowest BCUT2D eigenvalue weighted by atomic mass is 9.33. The monoisotopic (exact) mass is 1160 g/mol. The fourth-order valence-corrected chi connectivity index (χ4v) is 14.7. The predicted molar refractivity (Wildman–Crippen MR) is 387 cm³/mol. The fourth-order valence-electron chi connectivity index (χ4n) is 14.7. The zero-order valence-electron chi connectivity index (χ0n) is 56.2. The second kappa shape index (κ2) is 20.5. The van der Waals surface area contributed by atoms with E-state index in [-0.39, 0.29) is 47.3 Å². The maximum absolute atomic E-state index is 9.43. The number of fused-ring (bicyclic) bond motifs is 15. The molecule has 0 atom stereocenters. The number of anilines is 6. The quantitative estimate of drug-likeness (QED) is 0.154. The van der Waals surface area contributed by atoms with Gasteiger partial charge in [0, 0.05) is 50.0 Å². The van der Waals surface area contributed by atoms with Gasteiger partial charge in [-0.3, -0.25) is 0 Å². The molecule has 0 fully saturated rings. The van der Waals surface area contributed by atoms with Gasteiger partial charge in [0.2, 0.25) is 0 Å². The van der Waals surface area contributed by atoms with Gasteiger partial charge in [-0.2, -0.15) is 0 Å². The number of benzene rings is 13. The average Bonchev–Trinajstić information content (AvgIpc) is 1.65. The van der Waals surface area contributed by atoms with Crippen molar-refractivity contribution in [2.75, 3.05) is 9.80 Å². The van der Waals surface area contributed by atoms with Crippen LogP contribution in [0.3, 0.4) is 0 Å². The molecule has 2 aliphatic heterocycles. The van der Waals surface area contributed by atoms with E-state index in [0.717, 1.165) is 144 Å². The van der Waals surface area contributed by atoms with E-state index >= 15 is 0 Å². The van der Waals surface area contributed by atoms with Gasteiger partial charge in [-0.1, -0.05) is 284 Å². The first kappa shape index (κ1) is 48.3. The first-order valence-electron chi connectivity index (χ1n) is 33.9. The largest absolute Gasteiger partial charge is 0.311 e. The molecule has 4 heterocycles. The van der Waals surface area contributed by atoms with Crippen molar-refractivity contribution < 1.29 is 6.85 Å². The van der Waals surface area contributed by atoms with Gasteiger partial charge in [0.15, 0.2) is 0 Å². The van der Waals surface area contributed by atoms with E-state index in [9.17, 15) is 2.74 Å². The highest BCUT2D eigenvalue weighted by molar-refractivity contribution is 7.00. The topological polar surface area (TPSA) is 10.9 Å². The Hall–Kier alpha value is -10.7. The van der Waals surface area contributed by atoms with Crippen molar-refractivity contribution in [3.05, 3.63) is 302 Å². The van der Waals surface area contributed by atoms with Gasteiger partial charge in [0.1, 0.15) is 0 Å². The van der Waals surface area contributed by atoms with E-state index in [1.54, 1.807) is 0 Å². The molecular weight excluding hydrogens is 1090 g/mol. The standard InChI is InChI=1S/C86H66BN3/c1-85(2,3)63-49-62(50-64(53-63)86(4,5)6)61-42-48-75-78(52-61)89(66-45-39-59(40-46-66)56-25-12-8-13-26-56)84-81-73-35-22-34-72-70-32-19-17-30-68(70)67-29-16-18-31-69(67)71-33-20-21-36-76(71)90(83(72)73)79(81)54-80-82(84)87(75)74-47-41-60(57-27-14-9-15-28-57)51-77(74)88(80)65-43-37-58(38-44-65)55-23-10-7-11-24-55/h7-54H,1-6H3/i9D,14D,15D,27D,28D. The first-order valence-corrected chi connectivity index (χ1v) is 31.4. The van der Waals surface area contributed by atoms with Gasteiger partial charge in [-0.15, -0.1) is 0 Å². The van der Waals surface area contributed by atoms with Gasteiger partial charge in [-0.05, 0) is 153 Å². The van der Waals surface area contributed by atoms with Crippen LogP contribution in [0, 0.1) is 0 Å². The maximum Gasteiger partial charge on any atom is 0.252 e. The van der Waals surface area contributed by atoms with Crippen molar-refractivity contribution >= 4 is 117 Å². The lowest BCUT2D eigenvalue weighted by Gasteiger charge is -2.45. The van der Waals surface area contributed by atoms with E-state index in [1.165, 1.54) is 11.1 Å². The van der Waals surface area contributed by atoms with Crippen molar-refractivity contribution in [1.82, 2.24) is 4.40 Å². The van der Waals surface area contributed by atoms with Crippen LogP contribution in [0.1, 0.15) is 59.5 Å². The first-order chi connectivity index (χ1) is 46.0. The Morgan fingerprint density at radius 2 is 0.767 bits per heavy atom. The fraction of sp³-hybridized carbons (Fsp3) is 0.0930. The normalized spacial score (nSPS) is 13.7. The molecule has 2 aromatic heterocycles. The molecule has 0 unspecified atom stereocenters. The SMILES string of the molecule is [2H]c1c([2H])c([2H])c(-c2ccc3c(c2)N(c2ccc(-c4ccccc4)cc2)c2cc4c(c5c2B3c2ccc(-c3cc(C(C)(C)C)cc(C(C)(C)C)c3)cc2N5c2ccc(-c3ccccc3)cc2)c2cccc3c5ccccc5c5ccccc5c5ccccc5n4c32)c([2H])c1[2H]. The van der Waals surface area contributed by atoms with Crippen LogP contribution in [0.15, 0.2) is 291 Å². The Morgan fingerprint density at radius 3 is 1.33 bits per heavy atom. The summed E-state index contributed by atoms with van der Waals surface area (Å²) in [7, 11) is 0. The van der Waals surface area contributed by atoms with Gasteiger partial charge >= 0.3 is 0 Å². The van der Waals surface area contributed by atoms with Crippen molar-refractivity contribution in [2.45, 2.75) is 52.4 Å². The van der Waals surface area contributed by atoms with Crippen molar-refractivity contribution in [2.24, 2.45) is 0 Å². The molecule has 428 valence electrons.